The first-order chi connectivity index (χ1) is 21.4. The molecule has 0 aliphatic carbocycles. The third-order valence-corrected chi connectivity index (χ3v) is 12.2. The molecule has 1 radical (unpaired) electrons. The molecule has 46 heavy (non-hydrogen) atoms. The summed E-state index contributed by atoms with van der Waals surface area (Å²) in [4.78, 5) is 9.22. The number of benzene rings is 3. The molecule has 0 amide bonds. The predicted octanol–water partition coefficient (Wildman–Crippen LogP) is 10.4. The van der Waals surface area contributed by atoms with Gasteiger partial charge in [-0.2, -0.15) is 0 Å². The Morgan fingerprint density at radius 2 is 1.43 bits per heavy atom. The van der Waals surface area contributed by atoms with Gasteiger partial charge in [0.25, 0.3) is 0 Å². The maximum atomic E-state index is 13.4. The molecule has 3 aromatic heterocycles. The average Bonchev–Trinajstić information content (AvgIpc) is 3.37. The van der Waals surface area contributed by atoms with Gasteiger partial charge in [0.15, 0.2) is 0 Å². The van der Waals surface area contributed by atoms with Crippen LogP contribution in [0.2, 0.25) is 17.3 Å². The number of hydrogen-bond donors (Lipinski definition) is 0. The van der Waals surface area contributed by atoms with Crippen LogP contribution in [0.5, 0.6) is 0 Å². The van der Waals surface area contributed by atoms with Crippen LogP contribution in [-0.4, -0.2) is 23.2 Å². The Balaban J connectivity index is 0.000000207. The molecule has 0 saturated carbocycles. The zero-order valence-corrected chi connectivity index (χ0v) is 32.6. The van der Waals surface area contributed by atoms with Crippen LogP contribution in [-0.2, 0) is 32.9 Å². The minimum Gasteiger partial charge on any atom is -0.501 e. The summed E-state index contributed by atoms with van der Waals surface area (Å²) in [5, 5.41) is 2.25. The minimum absolute atomic E-state index is 0. The van der Waals surface area contributed by atoms with Crippen molar-refractivity contribution in [3.05, 3.63) is 114 Å². The number of furan rings is 1. The summed E-state index contributed by atoms with van der Waals surface area (Å²) in [5.74, 6) is 8.12. The molecule has 0 aliphatic heterocycles. The standard InChI is InChI=1S/C22H20NO.C18H23FGeN.Ir/c1-14(2)11-16-12-20(23-13-15(16)3)19-9-6-8-18-17-7-4-5-10-21(17)24-22(18)19;1-13(2)9-15-11-18(14-7-6-8-16(19)10-14)21-12-17(15)20(3,4)5;/h4-8,10,12-14H,11H2,1-3H3;6,8,10-13H,9H2,1-5H3;/q2*-1;. The van der Waals surface area contributed by atoms with E-state index in [2.05, 4.69) is 98.3 Å². The quantitative estimate of drug-likeness (QED) is 0.119. The van der Waals surface area contributed by atoms with E-state index >= 15 is 0 Å². The van der Waals surface area contributed by atoms with Crippen molar-refractivity contribution in [1.29, 1.82) is 0 Å². The van der Waals surface area contributed by atoms with Crippen molar-refractivity contribution in [2.24, 2.45) is 11.8 Å². The number of aryl methyl sites for hydroxylation is 1. The van der Waals surface area contributed by atoms with Gasteiger partial charge in [-0.1, -0.05) is 54.6 Å². The average molecular weight is 852 g/mol. The number of hydrogen-bond acceptors (Lipinski definition) is 3. The molecule has 0 spiro atoms. The van der Waals surface area contributed by atoms with Gasteiger partial charge in [-0.3, -0.25) is 0 Å². The number of nitrogens with zero attached hydrogens (tertiary/aromatic N) is 2. The minimum atomic E-state index is -1.95. The van der Waals surface area contributed by atoms with Gasteiger partial charge in [0.1, 0.15) is 5.58 Å². The number of para-hydroxylation sites is 1. The molecule has 6 heteroatoms. The predicted molar refractivity (Wildman–Crippen MR) is 189 cm³/mol. The Bertz CT molecular complexity index is 1940. The van der Waals surface area contributed by atoms with E-state index in [0.717, 1.165) is 57.3 Å². The molecule has 241 valence electrons. The number of halogens is 1. The Labute approximate surface area is 289 Å². The molecule has 0 aliphatic rings. The topological polar surface area (TPSA) is 38.9 Å². The fraction of sp³-hybridized carbons (Fsp3) is 0.300. The zero-order valence-electron chi connectivity index (χ0n) is 28.1. The van der Waals surface area contributed by atoms with E-state index in [1.54, 1.807) is 6.07 Å². The molecule has 0 unspecified atom stereocenters. The summed E-state index contributed by atoms with van der Waals surface area (Å²) in [5.41, 5.74) is 9.15. The largest absolute Gasteiger partial charge is 0.501 e. The van der Waals surface area contributed by atoms with Crippen LogP contribution in [0.15, 0.2) is 83.5 Å². The van der Waals surface area contributed by atoms with E-state index in [1.165, 1.54) is 33.2 Å². The van der Waals surface area contributed by atoms with Crippen molar-refractivity contribution >= 4 is 39.6 Å². The van der Waals surface area contributed by atoms with E-state index in [0.29, 0.717) is 11.8 Å². The van der Waals surface area contributed by atoms with Gasteiger partial charge in [-0.25, -0.2) is 0 Å². The number of pyridine rings is 2. The van der Waals surface area contributed by atoms with E-state index in [-0.39, 0.29) is 25.9 Å². The SMILES string of the molecule is CC(C)Cc1cc(-c2[c-]ccc(F)c2)nc[c]1[Ge]([CH3])([CH3])[CH3].Cc1cnc(-c2[c-]ccc3c2oc2ccccc23)cc1CC(C)C.[Ir]. The second-order valence-corrected chi connectivity index (χ2v) is 24.4. The van der Waals surface area contributed by atoms with Crippen molar-refractivity contribution in [3.8, 4) is 22.5 Å². The first-order valence-corrected chi connectivity index (χ1v) is 23.2. The smallest absolute Gasteiger partial charge is 0.120 e. The summed E-state index contributed by atoms with van der Waals surface area (Å²) >= 11 is -1.95. The van der Waals surface area contributed by atoms with Crippen molar-refractivity contribution in [1.82, 2.24) is 9.97 Å². The number of fused-ring (bicyclic) bond motifs is 3. The third-order valence-electron chi connectivity index (χ3n) is 7.90. The first-order valence-electron chi connectivity index (χ1n) is 15.9. The molecular weight excluding hydrogens is 808 g/mol. The summed E-state index contributed by atoms with van der Waals surface area (Å²) in [6, 6.07) is 27.4. The summed E-state index contributed by atoms with van der Waals surface area (Å²) in [6.45, 7) is 11.1. The Morgan fingerprint density at radius 1 is 0.783 bits per heavy atom. The monoisotopic (exact) mass is 853 g/mol. The van der Waals surface area contributed by atoms with E-state index in [4.69, 9.17) is 4.42 Å². The molecule has 0 saturated heterocycles. The van der Waals surface area contributed by atoms with Gasteiger partial charge >= 0.3 is 130 Å². The van der Waals surface area contributed by atoms with Crippen LogP contribution in [0.1, 0.15) is 44.4 Å². The molecule has 3 aromatic carbocycles. The van der Waals surface area contributed by atoms with E-state index in [9.17, 15) is 4.39 Å². The van der Waals surface area contributed by atoms with Crippen LogP contribution >= 0.6 is 0 Å². The number of rotatable bonds is 7. The molecule has 0 bridgehead atoms. The summed E-state index contributed by atoms with van der Waals surface area (Å²) < 4.78 is 21.0. The third kappa shape index (κ3) is 8.42. The van der Waals surface area contributed by atoms with Crippen LogP contribution < -0.4 is 4.40 Å². The van der Waals surface area contributed by atoms with Crippen molar-refractivity contribution in [2.45, 2.75) is 64.7 Å². The molecule has 6 rings (SSSR count). The molecule has 0 fully saturated rings. The molecule has 3 heterocycles. The van der Waals surface area contributed by atoms with Gasteiger partial charge in [0, 0.05) is 31.7 Å². The second-order valence-electron chi connectivity index (χ2n) is 13.8. The van der Waals surface area contributed by atoms with Crippen molar-refractivity contribution < 1.29 is 28.9 Å². The molecule has 0 N–H and O–H groups in total. The zero-order chi connectivity index (χ0) is 32.3. The molecule has 0 atom stereocenters. The fourth-order valence-electron chi connectivity index (χ4n) is 5.76. The van der Waals surface area contributed by atoms with Crippen LogP contribution in [0, 0.1) is 36.7 Å². The maximum Gasteiger partial charge on any atom is 0.120 e. The molecule has 3 nitrogen and oxygen atoms in total. The Kier molecular flexibility index (Phi) is 11.8. The number of aromatic nitrogens is 2. The molecule has 6 aromatic rings. The second kappa shape index (κ2) is 15.2. The van der Waals surface area contributed by atoms with Gasteiger partial charge in [-0.15, -0.1) is 18.2 Å². The van der Waals surface area contributed by atoms with Gasteiger partial charge < -0.3 is 9.40 Å². The van der Waals surface area contributed by atoms with Gasteiger partial charge in [0.05, 0.1) is 5.58 Å². The normalized spacial score (nSPS) is 11.5. The van der Waals surface area contributed by atoms with Gasteiger partial charge in [0.2, 0.25) is 0 Å². The van der Waals surface area contributed by atoms with Crippen LogP contribution in [0.4, 0.5) is 4.39 Å². The molecular formula is C40H43FGeIrN2O-2. The Morgan fingerprint density at radius 3 is 2.13 bits per heavy atom. The fourth-order valence-corrected chi connectivity index (χ4v) is 9.09. The van der Waals surface area contributed by atoms with Crippen molar-refractivity contribution in [3.63, 3.8) is 0 Å². The maximum absolute atomic E-state index is 13.4. The summed E-state index contributed by atoms with van der Waals surface area (Å²) in [7, 11) is 0. The van der Waals surface area contributed by atoms with Crippen molar-refractivity contribution in [2.75, 3.05) is 0 Å². The van der Waals surface area contributed by atoms with Crippen LogP contribution in [0.25, 0.3) is 44.5 Å². The summed E-state index contributed by atoms with van der Waals surface area (Å²) in [6.07, 6.45) is 6.08. The van der Waals surface area contributed by atoms with Crippen LogP contribution in [0.3, 0.4) is 0 Å². The Hall–Kier alpha value is -3.12. The van der Waals surface area contributed by atoms with E-state index in [1.807, 2.05) is 36.7 Å². The first kappa shape index (κ1) is 35.7. The van der Waals surface area contributed by atoms with E-state index < -0.39 is 13.3 Å². The van der Waals surface area contributed by atoms with Gasteiger partial charge in [-0.05, 0) is 36.6 Å².